The minimum atomic E-state index is -1.04. The summed E-state index contributed by atoms with van der Waals surface area (Å²) in [6.07, 6.45) is 1.66. The van der Waals surface area contributed by atoms with Gasteiger partial charge in [0.1, 0.15) is 0 Å². The Labute approximate surface area is 132 Å². The Morgan fingerprint density at radius 2 is 1.90 bits per heavy atom. The van der Waals surface area contributed by atoms with E-state index < -0.39 is 6.10 Å². The molecular weight excluding hydrogens is 334 g/mol. The number of aliphatic hydroxyl groups excluding tert-OH is 1. The van der Waals surface area contributed by atoms with Crippen molar-refractivity contribution in [3.8, 4) is 0 Å². The van der Waals surface area contributed by atoms with Gasteiger partial charge >= 0.3 is 0 Å². The van der Waals surface area contributed by atoms with Gasteiger partial charge in [-0.05, 0) is 40.9 Å². The van der Waals surface area contributed by atoms with Crippen LogP contribution in [0, 0.1) is 0 Å². The van der Waals surface area contributed by atoms with E-state index in [1.165, 1.54) is 12.8 Å². The van der Waals surface area contributed by atoms with Crippen molar-refractivity contribution in [1.29, 1.82) is 0 Å². The first-order chi connectivity index (χ1) is 10.1. The van der Waals surface area contributed by atoms with Gasteiger partial charge in [0, 0.05) is 47.9 Å². The van der Waals surface area contributed by atoms with Crippen molar-refractivity contribution < 1.29 is 9.90 Å². The van der Waals surface area contributed by atoms with Crippen LogP contribution in [-0.2, 0) is 4.79 Å². The highest BCUT2D eigenvalue weighted by molar-refractivity contribution is 9.10. The van der Waals surface area contributed by atoms with Gasteiger partial charge in [-0.2, -0.15) is 0 Å². The summed E-state index contributed by atoms with van der Waals surface area (Å²) >= 11 is 3.58. The summed E-state index contributed by atoms with van der Waals surface area (Å²) in [5, 5.41) is 12.6. The number of aliphatic hydroxyl groups is 1. The van der Waals surface area contributed by atoms with Crippen LogP contribution in [0.2, 0.25) is 0 Å². The second-order valence-corrected chi connectivity index (χ2v) is 6.89. The van der Waals surface area contributed by atoms with E-state index in [0.717, 1.165) is 48.1 Å². The Kier molecular flexibility index (Phi) is 3.20. The summed E-state index contributed by atoms with van der Waals surface area (Å²) in [5.41, 5.74) is 2.49. The zero-order valence-electron chi connectivity index (χ0n) is 11.7. The summed E-state index contributed by atoms with van der Waals surface area (Å²) in [6, 6.07) is 4.66. The van der Waals surface area contributed by atoms with Crippen LogP contribution in [0.25, 0.3) is 0 Å². The van der Waals surface area contributed by atoms with Crippen LogP contribution in [-0.4, -0.2) is 48.1 Å². The minimum absolute atomic E-state index is 0.340. The Morgan fingerprint density at radius 1 is 1.19 bits per heavy atom. The molecule has 1 saturated heterocycles. The lowest BCUT2D eigenvalue weighted by atomic mass is 10.1. The molecule has 1 aromatic carbocycles. The number of piperazine rings is 1. The fraction of sp³-hybridized carbons (Fsp3) is 0.533. The monoisotopic (exact) mass is 351 g/mol. The number of halogens is 1. The maximum atomic E-state index is 11.6. The van der Waals surface area contributed by atoms with Crippen LogP contribution in [0.15, 0.2) is 16.6 Å². The number of anilines is 2. The van der Waals surface area contributed by atoms with E-state index in [4.69, 9.17) is 0 Å². The topological polar surface area (TPSA) is 55.8 Å². The quantitative estimate of drug-likeness (QED) is 0.851. The van der Waals surface area contributed by atoms with Gasteiger partial charge in [0.25, 0.3) is 5.91 Å². The van der Waals surface area contributed by atoms with Gasteiger partial charge in [-0.15, -0.1) is 0 Å². The molecule has 1 saturated carbocycles. The third kappa shape index (κ3) is 2.35. The summed E-state index contributed by atoms with van der Waals surface area (Å²) in [4.78, 5) is 16.5. The Balaban J connectivity index is 1.56. The van der Waals surface area contributed by atoms with Crippen molar-refractivity contribution in [3.63, 3.8) is 0 Å². The molecule has 0 spiro atoms. The van der Waals surface area contributed by atoms with Gasteiger partial charge < -0.3 is 15.3 Å². The molecule has 6 heteroatoms. The van der Waals surface area contributed by atoms with E-state index in [1.54, 1.807) is 0 Å². The molecule has 0 aromatic heterocycles. The van der Waals surface area contributed by atoms with E-state index in [2.05, 4.69) is 31.0 Å². The standard InChI is InChI=1S/C15H18BrN3O2/c16-11-7-10-12(17-15(21)14(10)20)8-13(11)19-5-3-18(4-6-19)9-1-2-9/h7-9,14,20H,1-6H2,(H,17,21). The number of benzene rings is 1. The van der Waals surface area contributed by atoms with Gasteiger partial charge in [-0.3, -0.25) is 9.69 Å². The van der Waals surface area contributed by atoms with Gasteiger partial charge in [-0.25, -0.2) is 0 Å². The Hall–Kier alpha value is -1.11. The number of carbonyl (C=O) groups is 1. The highest BCUT2D eigenvalue weighted by atomic mass is 79.9. The number of amides is 1. The summed E-state index contributed by atoms with van der Waals surface area (Å²) in [5.74, 6) is -0.340. The van der Waals surface area contributed by atoms with Crippen molar-refractivity contribution in [2.75, 3.05) is 36.4 Å². The molecule has 1 atom stereocenters. The van der Waals surface area contributed by atoms with E-state index in [-0.39, 0.29) is 5.91 Å². The third-order valence-corrected chi connectivity index (χ3v) is 5.27. The maximum Gasteiger partial charge on any atom is 0.257 e. The van der Waals surface area contributed by atoms with Crippen molar-refractivity contribution >= 4 is 33.2 Å². The Morgan fingerprint density at radius 3 is 2.57 bits per heavy atom. The molecule has 112 valence electrons. The minimum Gasteiger partial charge on any atom is -0.378 e. The van der Waals surface area contributed by atoms with E-state index in [9.17, 15) is 9.90 Å². The number of nitrogens with one attached hydrogen (secondary N) is 1. The zero-order valence-corrected chi connectivity index (χ0v) is 13.3. The SMILES string of the molecule is O=C1Nc2cc(N3CCN(C4CC4)CC3)c(Br)cc2C1O. The summed E-state index contributed by atoms with van der Waals surface area (Å²) < 4.78 is 0.941. The van der Waals surface area contributed by atoms with Crippen molar-refractivity contribution in [2.24, 2.45) is 0 Å². The molecule has 3 aliphatic rings. The number of carbonyl (C=O) groups excluding carboxylic acids is 1. The highest BCUT2D eigenvalue weighted by Crippen LogP contribution is 2.39. The molecular formula is C15H18BrN3O2. The average molecular weight is 352 g/mol. The molecule has 5 nitrogen and oxygen atoms in total. The number of nitrogens with zero attached hydrogens (tertiary/aromatic N) is 2. The predicted molar refractivity (Wildman–Crippen MR) is 84.5 cm³/mol. The molecule has 2 N–H and O–H groups in total. The summed E-state index contributed by atoms with van der Waals surface area (Å²) in [6.45, 7) is 4.21. The van der Waals surface area contributed by atoms with E-state index in [0.29, 0.717) is 5.56 Å². The normalized spacial score (nSPS) is 25.9. The highest BCUT2D eigenvalue weighted by Gasteiger charge is 2.33. The fourth-order valence-corrected chi connectivity index (χ4v) is 3.88. The summed E-state index contributed by atoms with van der Waals surface area (Å²) in [7, 11) is 0. The molecule has 1 unspecified atom stereocenters. The second-order valence-electron chi connectivity index (χ2n) is 6.04. The molecule has 2 fully saturated rings. The number of hydrogen-bond donors (Lipinski definition) is 2. The van der Waals surface area contributed by atoms with Crippen LogP contribution < -0.4 is 10.2 Å². The lowest BCUT2D eigenvalue weighted by Gasteiger charge is -2.36. The van der Waals surface area contributed by atoms with Crippen LogP contribution in [0.5, 0.6) is 0 Å². The third-order valence-electron chi connectivity index (χ3n) is 4.64. The van der Waals surface area contributed by atoms with Gasteiger partial charge in [-0.1, -0.05) is 0 Å². The molecule has 2 heterocycles. The molecule has 0 bridgehead atoms. The molecule has 1 aromatic rings. The van der Waals surface area contributed by atoms with Crippen molar-refractivity contribution in [2.45, 2.75) is 25.0 Å². The van der Waals surface area contributed by atoms with Gasteiger partial charge in [0.15, 0.2) is 6.10 Å². The average Bonchev–Trinajstić information content (AvgIpc) is 3.29. The molecule has 2 aliphatic heterocycles. The molecule has 4 rings (SSSR count). The largest absolute Gasteiger partial charge is 0.378 e. The predicted octanol–water partition coefficient (Wildman–Crippen LogP) is 1.72. The fourth-order valence-electron chi connectivity index (χ4n) is 3.26. The molecule has 1 aliphatic carbocycles. The van der Waals surface area contributed by atoms with Crippen molar-refractivity contribution in [1.82, 2.24) is 4.90 Å². The van der Waals surface area contributed by atoms with Gasteiger partial charge in [0.05, 0.1) is 5.69 Å². The zero-order chi connectivity index (χ0) is 14.6. The molecule has 1 amide bonds. The van der Waals surface area contributed by atoms with E-state index >= 15 is 0 Å². The van der Waals surface area contributed by atoms with Crippen LogP contribution in [0.3, 0.4) is 0 Å². The molecule has 21 heavy (non-hydrogen) atoms. The first kappa shape index (κ1) is 13.5. The molecule has 0 radical (unpaired) electrons. The maximum absolute atomic E-state index is 11.6. The first-order valence-electron chi connectivity index (χ1n) is 7.45. The lowest BCUT2D eigenvalue weighted by Crippen LogP contribution is -2.47. The second kappa shape index (κ2) is 4.97. The van der Waals surface area contributed by atoms with Crippen LogP contribution in [0.4, 0.5) is 11.4 Å². The van der Waals surface area contributed by atoms with Gasteiger partial charge in [0.2, 0.25) is 0 Å². The Bertz CT molecular complexity index is 595. The number of fused-ring (bicyclic) bond motifs is 1. The number of rotatable bonds is 2. The van der Waals surface area contributed by atoms with Crippen LogP contribution in [0.1, 0.15) is 24.5 Å². The lowest BCUT2D eigenvalue weighted by molar-refractivity contribution is -0.123. The van der Waals surface area contributed by atoms with Crippen molar-refractivity contribution in [3.05, 3.63) is 22.2 Å². The van der Waals surface area contributed by atoms with E-state index in [1.807, 2.05) is 12.1 Å². The number of hydrogen-bond acceptors (Lipinski definition) is 4. The smallest absolute Gasteiger partial charge is 0.257 e. The van der Waals surface area contributed by atoms with Crippen LogP contribution >= 0.6 is 15.9 Å². The first-order valence-corrected chi connectivity index (χ1v) is 8.24.